The minimum atomic E-state index is -0.209. The number of anilines is 1. The third-order valence-electron chi connectivity index (χ3n) is 5.07. The largest absolute Gasteiger partial charge is 0.451 e. The lowest BCUT2D eigenvalue weighted by Crippen LogP contribution is -2.45. The number of para-hydroxylation sites is 1. The fourth-order valence-corrected chi connectivity index (χ4v) is 3.45. The van der Waals surface area contributed by atoms with Crippen molar-refractivity contribution in [1.82, 2.24) is 15.2 Å². The Hall–Kier alpha value is -2.86. The molecule has 1 saturated heterocycles. The zero-order valence-corrected chi connectivity index (χ0v) is 15.7. The first-order valence-electron chi connectivity index (χ1n) is 9.26. The van der Waals surface area contributed by atoms with Gasteiger partial charge < -0.3 is 19.5 Å². The number of hydrogen-bond acceptors (Lipinski definition) is 5. The number of nitrogens with one attached hydrogen (secondary N) is 1. The maximum absolute atomic E-state index is 12.6. The van der Waals surface area contributed by atoms with Crippen molar-refractivity contribution in [3.63, 3.8) is 0 Å². The molecule has 140 valence electrons. The number of furan rings is 1. The van der Waals surface area contributed by atoms with Crippen LogP contribution in [0.3, 0.4) is 0 Å². The highest BCUT2D eigenvalue weighted by molar-refractivity contribution is 5.96. The predicted octanol–water partition coefficient (Wildman–Crippen LogP) is 2.82. The predicted molar refractivity (Wildman–Crippen MR) is 106 cm³/mol. The van der Waals surface area contributed by atoms with Gasteiger partial charge in [0.05, 0.1) is 0 Å². The van der Waals surface area contributed by atoms with E-state index >= 15 is 0 Å². The molecule has 27 heavy (non-hydrogen) atoms. The van der Waals surface area contributed by atoms with Crippen molar-refractivity contribution >= 4 is 22.7 Å². The van der Waals surface area contributed by atoms with E-state index in [1.54, 1.807) is 12.3 Å². The number of hydrogen-bond donors (Lipinski definition) is 1. The van der Waals surface area contributed by atoms with Gasteiger partial charge in [0.15, 0.2) is 5.76 Å². The second-order valence-electron chi connectivity index (χ2n) is 7.06. The first-order chi connectivity index (χ1) is 13.1. The van der Waals surface area contributed by atoms with E-state index in [9.17, 15) is 4.79 Å². The topological polar surface area (TPSA) is 61.6 Å². The van der Waals surface area contributed by atoms with Crippen LogP contribution in [-0.4, -0.2) is 49.0 Å². The van der Waals surface area contributed by atoms with Gasteiger partial charge in [-0.2, -0.15) is 0 Å². The second-order valence-corrected chi connectivity index (χ2v) is 7.06. The number of pyridine rings is 1. The molecule has 3 aromatic rings. The quantitative estimate of drug-likeness (QED) is 0.771. The molecule has 6 nitrogen and oxygen atoms in total. The van der Waals surface area contributed by atoms with Crippen molar-refractivity contribution < 1.29 is 9.21 Å². The summed E-state index contributed by atoms with van der Waals surface area (Å²) < 4.78 is 5.76. The van der Waals surface area contributed by atoms with Crippen molar-refractivity contribution in [2.45, 2.75) is 13.5 Å². The third-order valence-corrected chi connectivity index (χ3v) is 5.07. The summed E-state index contributed by atoms with van der Waals surface area (Å²) in [7, 11) is 2.13. The van der Waals surface area contributed by atoms with Gasteiger partial charge in [0.1, 0.15) is 11.4 Å². The molecule has 0 saturated carbocycles. The summed E-state index contributed by atoms with van der Waals surface area (Å²) in [6.45, 7) is 6.31. The molecule has 0 bridgehead atoms. The minimum absolute atomic E-state index is 0.209. The average molecular weight is 364 g/mol. The van der Waals surface area contributed by atoms with Gasteiger partial charge in [-0.25, -0.2) is 4.98 Å². The number of amides is 1. The first-order valence-corrected chi connectivity index (χ1v) is 9.26. The molecule has 3 heterocycles. The van der Waals surface area contributed by atoms with Gasteiger partial charge in [0.2, 0.25) is 0 Å². The average Bonchev–Trinajstić information content (AvgIpc) is 3.13. The number of piperazine rings is 1. The molecule has 0 atom stereocenters. The fraction of sp³-hybridized carbons (Fsp3) is 0.333. The smallest absolute Gasteiger partial charge is 0.287 e. The number of nitrogens with zero attached hydrogens (tertiary/aromatic N) is 3. The van der Waals surface area contributed by atoms with E-state index in [1.807, 2.05) is 37.3 Å². The highest BCUT2D eigenvalue weighted by Crippen LogP contribution is 2.23. The van der Waals surface area contributed by atoms with Gasteiger partial charge in [-0.15, -0.1) is 0 Å². The van der Waals surface area contributed by atoms with E-state index < -0.39 is 0 Å². The summed E-state index contributed by atoms with van der Waals surface area (Å²) in [4.78, 5) is 21.7. The summed E-state index contributed by atoms with van der Waals surface area (Å²) in [6.07, 6.45) is 1.81. The Morgan fingerprint density at radius 3 is 2.78 bits per heavy atom. The Labute approximate surface area is 158 Å². The number of carbonyl (C=O) groups excluding carboxylic acids is 1. The zero-order chi connectivity index (χ0) is 18.8. The van der Waals surface area contributed by atoms with Crippen LogP contribution in [0.25, 0.3) is 11.0 Å². The summed E-state index contributed by atoms with van der Waals surface area (Å²) in [5, 5.41) is 3.92. The first kappa shape index (κ1) is 17.5. The van der Waals surface area contributed by atoms with Gasteiger partial charge in [-0.05, 0) is 31.7 Å². The molecule has 1 aliphatic heterocycles. The third kappa shape index (κ3) is 3.66. The molecule has 0 aliphatic carbocycles. The summed E-state index contributed by atoms with van der Waals surface area (Å²) >= 11 is 0. The molecular weight excluding hydrogens is 340 g/mol. The molecular formula is C21H24N4O2. The van der Waals surface area contributed by atoms with E-state index in [0.717, 1.165) is 54.1 Å². The van der Waals surface area contributed by atoms with Crippen molar-refractivity contribution in [2.24, 2.45) is 0 Å². The van der Waals surface area contributed by atoms with Crippen molar-refractivity contribution in [3.8, 4) is 0 Å². The van der Waals surface area contributed by atoms with Crippen molar-refractivity contribution in [1.29, 1.82) is 0 Å². The molecule has 4 rings (SSSR count). The van der Waals surface area contributed by atoms with Gasteiger partial charge in [0, 0.05) is 49.9 Å². The van der Waals surface area contributed by atoms with Crippen LogP contribution in [0.2, 0.25) is 0 Å². The van der Waals surface area contributed by atoms with Gasteiger partial charge >= 0.3 is 0 Å². The van der Waals surface area contributed by atoms with Crippen LogP contribution in [-0.2, 0) is 6.54 Å². The summed E-state index contributed by atoms with van der Waals surface area (Å²) in [5.41, 5.74) is 2.81. The van der Waals surface area contributed by atoms with Crippen molar-refractivity contribution in [3.05, 3.63) is 59.5 Å². The van der Waals surface area contributed by atoms with Crippen LogP contribution < -0.4 is 10.2 Å². The van der Waals surface area contributed by atoms with E-state index in [0.29, 0.717) is 12.3 Å². The van der Waals surface area contributed by atoms with Crippen LogP contribution in [0.15, 0.2) is 47.0 Å². The Morgan fingerprint density at radius 1 is 1.19 bits per heavy atom. The van der Waals surface area contributed by atoms with E-state index in [2.05, 4.69) is 27.1 Å². The maximum atomic E-state index is 12.6. The normalized spacial score (nSPS) is 15.3. The lowest BCUT2D eigenvalue weighted by atomic mass is 10.2. The summed E-state index contributed by atoms with van der Waals surface area (Å²) in [6, 6.07) is 11.6. The molecule has 2 aromatic heterocycles. The Bertz CT molecular complexity index is 958. The van der Waals surface area contributed by atoms with Crippen molar-refractivity contribution in [2.75, 3.05) is 38.1 Å². The lowest BCUT2D eigenvalue weighted by molar-refractivity contribution is 0.0925. The summed E-state index contributed by atoms with van der Waals surface area (Å²) in [5.74, 6) is 1.08. The maximum Gasteiger partial charge on any atom is 0.287 e. The highest BCUT2D eigenvalue weighted by atomic mass is 16.3. The number of aryl methyl sites for hydroxylation is 1. The van der Waals surface area contributed by atoms with Crippen LogP contribution >= 0.6 is 0 Å². The van der Waals surface area contributed by atoms with Crippen LogP contribution in [0.1, 0.15) is 21.7 Å². The number of fused-ring (bicyclic) bond motifs is 1. The molecule has 0 spiro atoms. The Balaban J connectivity index is 1.48. The molecule has 1 fully saturated rings. The van der Waals surface area contributed by atoms with E-state index in [-0.39, 0.29) is 5.91 Å². The lowest BCUT2D eigenvalue weighted by Gasteiger charge is -2.34. The minimum Gasteiger partial charge on any atom is -0.451 e. The molecule has 0 unspecified atom stereocenters. The Kier molecular flexibility index (Phi) is 4.81. The molecule has 1 amide bonds. The SMILES string of the molecule is Cc1cccc2cc(C(=O)NCc3cccnc3N3CCN(C)CC3)oc12. The zero-order valence-electron chi connectivity index (χ0n) is 15.7. The Morgan fingerprint density at radius 2 is 2.00 bits per heavy atom. The van der Waals surface area contributed by atoms with Crippen LogP contribution in [0, 0.1) is 6.92 Å². The van der Waals surface area contributed by atoms with E-state index in [4.69, 9.17) is 4.42 Å². The van der Waals surface area contributed by atoms with Crippen LogP contribution in [0.4, 0.5) is 5.82 Å². The number of rotatable bonds is 4. The standard InChI is InChI=1S/C21H24N4O2/c1-15-5-3-6-16-13-18(27-19(15)16)21(26)23-14-17-7-4-8-22-20(17)25-11-9-24(2)10-12-25/h3-8,13H,9-12,14H2,1-2H3,(H,23,26). The highest BCUT2D eigenvalue weighted by Gasteiger charge is 2.19. The second kappa shape index (κ2) is 7.40. The number of carbonyl (C=O) groups is 1. The van der Waals surface area contributed by atoms with E-state index in [1.165, 1.54) is 0 Å². The molecule has 1 aliphatic rings. The number of aromatic nitrogens is 1. The molecule has 1 aromatic carbocycles. The molecule has 0 radical (unpaired) electrons. The monoisotopic (exact) mass is 364 g/mol. The number of likely N-dealkylation sites (N-methyl/N-ethyl adjacent to an activating group) is 1. The molecule has 6 heteroatoms. The van der Waals surface area contributed by atoms with Gasteiger partial charge in [-0.1, -0.05) is 24.3 Å². The fourth-order valence-electron chi connectivity index (χ4n) is 3.45. The van der Waals surface area contributed by atoms with Gasteiger partial charge in [0.25, 0.3) is 5.91 Å². The van der Waals surface area contributed by atoms with Gasteiger partial charge in [-0.3, -0.25) is 4.79 Å². The number of benzene rings is 1. The molecule has 1 N–H and O–H groups in total. The van der Waals surface area contributed by atoms with Crippen LogP contribution in [0.5, 0.6) is 0 Å².